The van der Waals surface area contributed by atoms with Crippen molar-refractivity contribution in [2.24, 2.45) is 0 Å². The molecule has 1 atom stereocenters. The molecule has 0 heterocycles. The van der Waals surface area contributed by atoms with Crippen molar-refractivity contribution in [2.45, 2.75) is 19.5 Å². The van der Waals surface area contributed by atoms with Gasteiger partial charge in [0.2, 0.25) is 11.6 Å². The molecule has 5 heteroatoms. The van der Waals surface area contributed by atoms with E-state index in [9.17, 15) is 13.2 Å². The molecule has 0 fully saturated rings. The Hall–Kier alpha value is -2.43. The summed E-state index contributed by atoms with van der Waals surface area (Å²) in [6, 6.07) is 9.74. The first-order valence-corrected chi connectivity index (χ1v) is 7.64. The summed E-state index contributed by atoms with van der Waals surface area (Å²) in [6.07, 6.45) is 0.482. The smallest absolute Gasteiger partial charge is 0.204 e. The van der Waals surface area contributed by atoms with Crippen molar-refractivity contribution in [3.05, 3.63) is 65.7 Å². The largest absolute Gasteiger partial charge is 0.491 e. The van der Waals surface area contributed by atoms with Crippen LogP contribution in [0.2, 0.25) is 0 Å². The molecule has 0 aliphatic carbocycles. The van der Waals surface area contributed by atoms with Gasteiger partial charge >= 0.3 is 0 Å². The summed E-state index contributed by atoms with van der Waals surface area (Å²) < 4.78 is 51.6. The zero-order chi connectivity index (χ0) is 17.5. The minimum Gasteiger partial charge on any atom is -0.491 e. The number of rotatable bonds is 8. The van der Waals surface area contributed by atoms with Gasteiger partial charge in [0, 0.05) is 6.42 Å². The van der Waals surface area contributed by atoms with Gasteiger partial charge in [0.25, 0.3) is 0 Å². The molecule has 0 radical (unpaired) electrons. The average Bonchev–Trinajstić information content (AvgIpc) is 2.59. The summed E-state index contributed by atoms with van der Waals surface area (Å²) in [6.45, 7) is 5.16. The highest BCUT2D eigenvalue weighted by Gasteiger charge is 2.17. The van der Waals surface area contributed by atoms with Gasteiger partial charge in [-0.15, -0.1) is 0 Å². The molecule has 24 heavy (non-hydrogen) atoms. The lowest BCUT2D eigenvalue weighted by Gasteiger charge is -2.13. The van der Waals surface area contributed by atoms with Crippen LogP contribution in [-0.2, 0) is 6.42 Å². The third-order valence-corrected chi connectivity index (χ3v) is 3.40. The molecule has 0 saturated heterocycles. The van der Waals surface area contributed by atoms with Crippen LogP contribution < -0.4 is 9.47 Å². The van der Waals surface area contributed by atoms with E-state index in [4.69, 9.17) is 9.47 Å². The van der Waals surface area contributed by atoms with Crippen LogP contribution in [0.25, 0.3) is 6.08 Å². The maximum atomic E-state index is 14.0. The first-order chi connectivity index (χ1) is 11.5. The van der Waals surface area contributed by atoms with E-state index in [0.29, 0.717) is 0 Å². The Morgan fingerprint density at radius 2 is 1.58 bits per heavy atom. The van der Waals surface area contributed by atoms with Crippen LogP contribution in [0.3, 0.4) is 0 Å². The minimum absolute atomic E-state index is 0.124. The van der Waals surface area contributed by atoms with Gasteiger partial charge in [-0.3, -0.25) is 0 Å². The lowest BCUT2D eigenvalue weighted by atomic mass is 10.1. The fourth-order valence-electron chi connectivity index (χ4n) is 2.18. The predicted octanol–water partition coefficient (Wildman–Crippen LogP) is 4.97. The normalized spacial score (nSPS) is 11.8. The van der Waals surface area contributed by atoms with Gasteiger partial charge in [-0.05, 0) is 30.2 Å². The zero-order valence-corrected chi connectivity index (χ0v) is 13.4. The summed E-state index contributed by atoms with van der Waals surface area (Å²) in [4.78, 5) is 0. The molecule has 128 valence electrons. The van der Waals surface area contributed by atoms with Crippen LogP contribution >= 0.6 is 0 Å². The lowest BCUT2D eigenvalue weighted by Crippen LogP contribution is -2.16. The topological polar surface area (TPSA) is 18.5 Å². The monoisotopic (exact) mass is 336 g/mol. The minimum atomic E-state index is -1.34. The van der Waals surface area contributed by atoms with Gasteiger partial charge in [-0.1, -0.05) is 36.9 Å². The highest BCUT2D eigenvalue weighted by Crippen LogP contribution is 2.27. The van der Waals surface area contributed by atoms with Gasteiger partial charge in [0.05, 0.1) is 6.61 Å². The lowest BCUT2D eigenvalue weighted by molar-refractivity contribution is 0.187. The van der Waals surface area contributed by atoms with E-state index in [0.717, 1.165) is 11.1 Å². The summed E-state index contributed by atoms with van der Waals surface area (Å²) in [5.41, 5.74) is 1.73. The number of alkyl halides is 1. The zero-order valence-electron chi connectivity index (χ0n) is 13.4. The molecule has 2 nitrogen and oxygen atoms in total. The second-order valence-corrected chi connectivity index (χ2v) is 5.18. The molecule has 0 N–H and O–H groups in total. The van der Waals surface area contributed by atoms with Crippen molar-refractivity contribution in [1.29, 1.82) is 0 Å². The summed E-state index contributed by atoms with van der Waals surface area (Å²) >= 11 is 0. The quantitative estimate of drug-likeness (QED) is 0.678. The van der Waals surface area contributed by atoms with Crippen molar-refractivity contribution in [3.63, 3.8) is 0 Å². The first kappa shape index (κ1) is 17.9. The van der Waals surface area contributed by atoms with E-state index in [2.05, 4.69) is 6.58 Å². The highest BCUT2D eigenvalue weighted by atomic mass is 19.2. The number of ether oxygens (including phenoxy) is 2. The Labute approximate surface area is 139 Å². The molecular formula is C19H19F3O2. The predicted molar refractivity (Wildman–Crippen MR) is 88.2 cm³/mol. The van der Waals surface area contributed by atoms with Crippen LogP contribution in [0, 0.1) is 11.6 Å². The second kappa shape index (κ2) is 8.43. The highest BCUT2D eigenvalue weighted by molar-refractivity contribution is 5.47. The summed E-state index contributed by atoms with van der Waals surface area (Å²) in [7, 11) is 0. The van der Waals surface area contributed by atoms with Crippen LogP contribution in [0.5, 0.6) is 11.5 Å². The van der Waals surface area contributed by atoms with Gasteiger partial charge in [0.15, 0.2) is 11.5 Å². The van der Waals surface area contributed by atoms with Crippen LogP contribution in [0.1, 0.15) is 18.1 Å². The van der Waals surface area contributed by atoms with E-state index in [1.54, 1.807) is 25.1 Å². The molecule has 2 aromatic rings. The Bertz CT molecular complexity index is 684. The SMILES string of the molecule is C=Cc1ccc(CC(F)COc2ccc(OCC)c(F)c2F)cc1. The van der Waals surface area contributed by atoms with Gasteiger partial charge in [-0.2, -0.15) is 8.78 Å². The number of hydrogen-bond acceptors (Lipinski definition) is 2. The van der Waals surface area contributed by atoms with E-state index >= 15 is 0 Å². The number of halogens is 3. The molecule has 2 rings (SSSR count). The van der Waals surface area contributed by atoms with Crippen LogP contribution in [-0.4, -0.2) is 19.4 Å². The summed E-state index contributed by atoms with van der Waals surface area (Å²) in [5, 5.41) is 0. The molecule has 0 bridgehead atoms. The van der Waals surface area contributed by atoms with Crippen molar-refractivity contribution in [3.8, 4) is 11.5 Å². The molecule has 1 unspecified atom stereocenters. The van der Waals surface area contributed by atoms with Crippen molar-refractivity contribution in [1.82, 2.24) is 0 Å². The first-order valence-electron chi connectivity index (χ1n) is 7.64. The van der Waals surface area contributed by atoms with Gasteiger partial charge < -0.3 is 9.47 Å². The number of hydrogen-bond donors (Lipinski definition) is 0. The molecule has 0 amide bonds. The molecule has 0 saturated carbocycles. The Kier molecular flexibility index (Phi) is 6.29. The number of benzene rings is 2. The molecule has 2 aromatic carbocycles. The maximum absolute atomic E-state index is 14.0. The Morgan fingerprint density at radius 1 is 1.00 bits per heavy atom. The van der Waals surface area contributed by atoms with E-state index in [-0.39, 0.29) is 31.1 Å². The Morgan fingerprint density at radius 3 is 2.12 bits per heavy atom. The van der Waals surface area contributed by atoms with Crippen molar-refractivity contribution in [2.75, 3.05) is 13.2 Å². The third kappa shape index (κ3) is 4.54. The van der Waals surface area contributed by atoms with Crippen molar-refractivity contribution >= 4 is 6.08 Å². The standard InChI is InChI=1S/C19H19F3O2/c1-3-13-5-7-14(8-6-13)11-15(20)12-24-17-10-9-16(23-4-2)18(21)19(17)22/h3,5-10,15H,1,4,11-12H2,2H3. The van der Waals surface area contributed by atoms with Gasteiger partial charge in [-0.25, -0.2) is 4.39 Å². The third-order valence-electron chi connectivity index (χ3n) is 3.40. The van der Waals surface area contributed by atoms with Crippen LogP contribution in [0.4, 0.5) is 13.2 Å². The van der Waals surface area contributed by atoms with Gasteiger partial charge in [0.1, 0.15) is 12.8 Å². The molecule has 0 aromatic heterocycles. The summed E-state index contributed by atoms with van der Waals surface area (Å²) in [5.74, 6) is -2.84. The van der Waals surface area contributed by atoms with E-state index in [1.807, 2.05) is 12.1 Å². The fourth-order valence-corrected chi connectivity index (χ4v) is 2.18. The fraction of sp³-hybridized carbons (Fsp3) is 0.263. The molecule has 0 spiro atoms. The van der Waals surface area contributed by atoms with E-state index < -0.39 is 17.8 Å². The molecule has 0 aliphatic rings. The molecular weight excluding hydrogens is 317 g/mol. The maximum Gasteiger partial charge on any atom is 0.204 e. The molecule has 0 aliphatic heterocycles. The second-order valence-electron chi connectivity index (χ2n) is 5.18. The van der Waals surface area contributed by atoms with Crippen molar-refractivity contribution < 1.29 is 22.6 Å². The van der Waals surface area contributed by atoms with Crippen LogP contribution in [0.15, 0.2) is 43.0 Å². The van der Waals surface area contributed by atoms with E-state index in [1.165, 1.54) is 12.1 Å². The Balaban J connectivity index is 1.94. The average molecular weight is 336 g/mol.